The molecule has 1 aromatic rings. The van der Waals surface area contributed by atoms with Gasteiger partial charge >= 0.3 is 5.97 Å². The molecule has 0 bridgehead atoms. The maximum Gasteiger partial charge on any atom is 0.335 e. The van der Waals surface area contributed by atoms with E-state index in [0.717, 1.165) is 19.4 Å². The minimum Gasteiger partial charge on any atom is -0.478 e. The zero-order valence-electron chi connectivity index (χ0n) is 15.0. The Morgan fingerprint density at radius 2 is 1.78 bits per heavy atom. The van der Waals surface area contributed by atoms with E-state index in [1.165, 1.54) is 28.6 Å². The number of hydrogen-bond donors (Lipinski definition) is 1. The van der Waals surface area contributed by atoms with E-state index in [4.69, 9.17) is 9.84 Å². The highest BCUT2D eigenvalue weighted by Gasteiger charge is 2.30. The summed E-state index contributed by atoms with van der Waals surface area (Å²) in [5.41, 5.74) is 0.0376. The third-order valence-electron chi connectivity index (χ3n) is 5.03. The summed E-state index contributed by atoms with van der Waals surface area (Å²) in [7, 11) is -3.70. The van der Waals surface area contributed by atoms with E-state index < -0.39 is 16.0 Å². The molecule has 27 heavy (non-hydrogen) atoms. The van der Waals surface area contributed by atoms with Gasteiger partial charge in [-0.3, -0.25) is 4.79 Å². The highest BCUT2D eigenvalue weighted by molar-refractivity contribution is 7.89. The molecule has 1 unspecified atom stereocenters. The summed E-state index contributed by atoms with van der Waals surface area (Å²) in [6, 6.07) is 5.16. The van der Waals surface area contributed by atoms with E-state index in [-0.39, 0.29) is 35.6 Å². The molecular formula is C18H24N2O6S. The number of piperazine rings is 1. The largest absolute Gasteiger partial charge is 0.478 e. The van der Waals surface area contributed by atoms with Crippen molar-refractivity contribution in [2.45, 2.75) is 36.7 Å². The molecule has 2 aliphatic rings. The number of carbonyl (C=O) groups is 2. The molecule has 8 nitrogen and oxygen atoms in total. The second-order valence-electron chi connectivity index (χ2n) is 6.79. The molecule has 0 spiro atoms. The predicted molar refractivity (Wildman–Crippen MR) is 96.9 cm³/mol. The summed E-state index contributed by atoms with van der Waals surface area (Å²) < 4.78 is 32.3. The molecule has 1 aromatic carbocycles. The van der Waals surface area contributed by atoms with Gasteiger partial charge in [-0.2, -0.15) is 4.31 Å². The maximum atomic E-state index is 12.7. The van der Waals surface area contributed by atoms with Gasteiger partial charge in [-0.25, -0.2) is 13.2 Å². The van der Waals surface area contributed by atoms with Crippen LogP contribution in [0.3, 0.4) is 0 Å². The van der Waals surface area contributed by atoms with Crippen molar-refractivity contribution in [2.24, 2.45) is 0 Å². The summed E-state index contributed by atoms with van der Waals surface area (Å²) in [5.74, 6) is -1.07. The number of nitrogens with zero attached hydrogens (tertiary/aromatic N) is 2. The molecule has 2 fully saturated rings. The minimum absolute atomic E-state index is 0.0355. The van der Waals surface area contributed by atoms with E-state index in [1.54, 1.807) is 4.90 Å². The molecule has 0 saturated carbocycles. The highest BCUT2D eigenvalue weighted by Crippen LogP contribution is 2.20. The van der Waals surface area contributed by atoms with Crippen LogP contribution in [0.5, 0.6) is 0 Å². The molecule has 0 aliphatic carbocycles. The zero-order chi connectivity index (χ0) is 19.4. The van der Waals surface area contributed by atoms with Crippen molar-refractivity contribution in [2.75, 3.05) is 32.8 Å². The smallest absolute Gasteiger partial charge is 0.335 e. The Morgan fingerprint density at radius 1 is 1.11 bits per heavy atom. The lowest BCUT2D eigenvalue weighted by atomic mass is 10.1. The number of rotatable bonds is 6. The third kappa shape index (κ3) is 4.66. The first-order valence-electron chi connectivity index (χ1n) is 9.11. The molecule has 3 rings (SSSR count). The second kappa shape index (κ2) is 8.37. The molecule has 1 atom stereocenters. The lowest BCUT2D eigenvalue weighted by Gasteiger charge is -2.34. The number of carboxylic acids is 1. The van der Waals surface area contributed by atoms with Crippen LogP contribution in [-0.4, -0.2) is 73.5 Å². The van der Waals surface area contributed by atoms with E-state index in [1.807, 2.05) is 0 Å². The van der Waals surface area contributed by atoms with Crippen molar-refractivity contribution >= 4 is 21.9 Å². The summed E-state index contributed by atoms with van der Waals surface area (Å²) in [4.78, 5) is 25.0. The van der Waals surface area contributed by atoms with Crippen LogP contribution in [0, 0.1) is 0 Å². The van der Waals surface area contributed by atoms with Gasteiger partial charge in [0.1, 0.15) is 0 Å². The monoisotopic (exact) mass is 396 g/mol. The van der Waals surface area contributed by atoms with E-state index >= 15 is 0 Å². The molecule has 2 heterocycles. The third-order valence-corrected chi connectivity index (χ3v) is 6.95. The Hall–Kier alpha value is -1.97. The summed E-state index contributed by atoms with van der Waals surface area (Å²) in [5, 5.41) is 8.92. The number of aromatic carboxylic acids is 1. The number of hydrogen-bond acceptors (Lipinski definition) is 5. The molecular weight excluding hydrogens is 372 g/mol. The SMILES string of the molecule is O=C(O)c1ccc(S(=O)(=O)N2CCN(C(=O)CCC3CCCO3)CC2)cc1. The van der Waals surface area contributed by atoms with Gasteiger partial charge in [-0.05, 0) is 43.5 Å². The van der Waals surface area contributed by atoms with E-state index in [2.05, 4.69) is 0 Å². The van der Waals surface area contributed by atoms with Crippen molar-refractivity contribution in [3.05, 3.63) is 29.8 Å². The summed E-state index contributed by atoms with van der Waals surface area (Å²) >= 11 is 0. The zero-order valence-corrected chi connectivity index (χ0v) is 15.9. The van der Waals surface area contributed by atoms with Crippen molar-refractivity contribution < 1.29 is 27.9 Å². The van der Waals surface area contributed by atoms with Crippen LogP contribution >= 0.6 is 0 Å². The van der Waals surface area contributed by atoms with Crippen LogP contribution in [0.2, 0.25) is 0 Å². The maximum absolute atomic E-state index is 12.7. The Balaban J connectivity index is 1.54. The Labute approximate surface area is 158 Å². The van der Waals surface area contributed by atoms with Gasteiger partial charge in [0.2, 0.25) is 15.9 Å². The lowest BCUT2D eigenvalue weighted by Crippen LogP contribution is -2.50. The van der Waals surface area contributed by atoms with Gasteiger partial charge in [0.25, 0.3) is 0 Å². The van der Waals surface area contributed by atoms with Gasteiger partial charge in [-0.1, -0.05) is 0 Å². The van der Waals surface area contributed by atoms with Crippen molar-refractivity contribution in [1.29, 1.82) is 0 Å². The molecule has 1 amide bonds. The van der Waals surface area contributed by atoms with Crippen LogP contribution in [-0.2, 0) is 19.6 Å². The number of amides is 1. The number of benzene rings is 1. The highest BCUT2D eigenvalue weighted by atomic mass is 32.2. The predicted octanol–water partition coefficient (Wildman–Crippen LogP) is 1.18. The quantitative estimate of drug-likeness (QED) is 0.774. The average Bonchev–Trinajstić information content (AvgIpc) is 3.20. The first kappa shape index (κ1) is 19.8. The number of ether oxygens (including phenoxy) is 1. The fraction of sp³-hybridized carbons (Fsp3) is 0.556. The average molecular weight is 396 g/mol. The molecule has 0 aromatic heterocycles. The van der Waals surface area contributed by atoms with Crippen LogP contribution in [0.25, 0.3) is 0 Å². The minimum atomic E-state index is -3.70. The first-order valence-corrected chi connectivity index (χ1v) is 10.5. The Morgan fingerprint density at radius 3 is 2.33 bits per heavy atom. The van der Waals surface area contributed by atoms with Gasteiger partial charge in [0, 0.05) is 39.2 Å². The molecule has 0 radical (unpaired) electrons. The number of carboxylic acid groups (broad SMARTS) is 1. The van der Waals surface area contributed by atoms with Crippen LogP contribution in [0.4, 0.5) is 0 Å². The van der Waals surface area contributed by atoms with E-state index in [9.17, 15) is 18.0 Å². The van der Waals surface area contributed by atoms with Crippen LogP contribution < -0.4 is 0 Å². The molecule has 148 valence electrons. The van der Waals surface area contributed by atoms with Gasteiger partial charge in [-0.15, -0.1) is 0 Å². The van der Waals surface area contributed by atoms with Crippen molar-refractivity contribution in [3.8, 4) is 0 Å². The standard InChI is InChI=1S/C18H24N2O6S/c21-17(8-5-15-2-1-13-26-15)19-9-11-20(12-10-19)27(24,25)16-6-3-14(4-7-16)18(22)23/h3-4,6-7,15H,1-2,5,8-13H2,(H,22,23). The van der Waals surface area contributed by atoms with Crippen molar-refractivity contribution in [3.63, 3.8) is 0 Å². The fourth-order valence-electron chi connectivity index (χ4n) is 3.41. The summed E-state index contributed by atoms with van der Waals surface area (Å²) in [6.45, 7) is 1.94. The van der Waals surface area contributed by atoms with Gasteiger partial charge in [0.05, 0.1) is 16.6 Å². The van der Waals surface area contributed by atoms with Crippen LogP contribution in [0.1, 0.15) is 36.0 Å². The van der Waals surface area contributed by atoms with Crippen molar-refractivity contribution in [1.82, 2.24) is 9.21 Å². The molecule has 2 saturated heterocycles. The lowest BCUT2D eigenvalue weighted by molar-refractivity contribution is -0.133. The topological polar surface area (TPSA) is 104 Å². The Kier molecular flexibility index (Phi) is 6.13. The molecule has 2 aliphatic heterocycles. The number of sulfonamides is 1. The number of carbonyl (C=O) groups excluding carboxylic acids is 1. The fourth-order valence-corrected chi connectivity index (χ4v) is 4.83. The Bertz CT molecular complexity index is 779. The van der Waals surface area contributed by atoms with Gasteiger partial charge < -0.3 is 14.7 Å². The first-order chi connectivity index (χ1) is 12.9. The summed E-state index contributed by atoms with van der Waals surface area (Å²) in [6.07, 6.45) is 3.36. The van der Waals surface area contributed by atoms with E-state index in [0.29, 0.717) is 25.9 Å². The van der Waals surface area contributed by atoms with Gasteiger partial charge in [0.15, 0.2) is 0 Å². The second-order valence-corrected chi connectivity index (χ2v) is 8.73. The van der Waals surface area contributed by atoms with Crippen LogP contribution in [0.15, 0.2) is 29.2 Å². The normalized spacial score (nSPS) is 21.3. The molecule has 9 heteroatoms. The molecule has 1 N–H and O–H groups in total.